The van der Waals surface area contributed by atoms with Gasteiger partial charge in [-0.2, -0.15) is 0 Å². The van der Waals surface area contributed by atoms with Crippen molar-refractivity contribution >= 4 is 0 Å². The van der Waals surface area contributed by atoms with Crippen molar-refractivity contribution in [2.75, 3.05) is 39.4 Å². The lowest BCUT2D eigenvalue weighted by Crippen LogP contribution is -2.36. The van der Waals surface area contributed by atoms with Crippen LogP contribution in [-0.2, 0) is 9.47 Å². The first-order valence-electron chi connectivity index (χ1n) is 7.43. The van der Waals surface area contributed by atoms with E-state index in [1.807, 2.05) is 0 Å². The standard InChI is InChI=1S/C14H28N2O2/c1-12(2)15-10-13-4-5-14(18-13)11-16-6-3-8-17-9-7-16/h12-15H,3-11H2,1-2H3. The lowest BCUT2D eigenvalue weighted by atomic mass is 10.2. The Balaban J connectivity index is 1.65. The lowest BCUT2D eigenvalue weighted by molar-refractivity contribution is 0.0221. The molecule has 0 aromatic carbocycles. The van der Waals surface area contributed by atoms with Gasteiger partial charge in [-0.15, -0.1) is 0 Å². The molecule has 0 amide bonds. The van der Waals surface area contributed by atoms with Crippen LogP contribution in [0, 0.1) is 0 Å². The zero-order valence-electron chi connectivity index (χ0n) is 11.9. The number of hydrogen-bond acceptors (Lipinski definition) is 4. The molecule has 1 N–H and O–H groups in total. The topological polar surface area (TPSA) is 33.7 Å². The highest BCUT2D eigenvalue weighted by atomic mass is 16.5. The zero-order valence-corrected chi connectivity index (χ0v) is 11.9. The molecule has 0 aromatic rings. The van der Waals surface area contributed by atoms with E-state index in [0.29, 0.717) is 18.2 Å². The van der Waals surface area contributed by atoms with E-state index in [1.54, 1.807) is 0 Å². The van der Waals surface area contributed by atoms with Crippen LogP contribution in [0.25, 0.3) is 0 Å². The maximum Gasteiger partial charge on any atom is 0.0707 e. The summed E-state index contributed by atoms with van der Waals surface area (Å²) >= 11 is 0. The first kappa shape index (κ1) is 14.3. The van der Waals surface area contributed by atoms with Gasteiger partial charge in [0, 0.05) is 38.8 Å². The Labute approximate surface area is 111 Å². The molecular weight excluding hydrogens is 228 g/mol. The van der Waals surface area contributed by atoms with Crippen LogP contribution < -0.4 is 5.32 Å². The third kappa shape index (κ3) is 4.84. The molecule has 0 spiro atoms. The summed E-state index contributed by atoms with van der Waals surface area (Å²) in [6.07, 6.45) is 4.42. The van der Waals surface area contributed by atoms with Crippen molar-refractivity contribution < 1.29 is 9.47 Å². The lowest BCUT2D eigenvalue weighted by Gasteiger charge is -2.23. The van der Waals surface area contributed by atoms with Gasteiger partial charge in [0.2, 0.25) is 0 Å². The summed E-state index contributed by atoms with van der Waals surface area (Å²) in [5.74, 6) is 0. The molecule has 18 heavy (non-hydrogen) atoms. The van der Waals surface area contributed by atoms with Crippen molar-refractivity contribution in [2.24, 2.45) is 0 Å². The number of nitrogens with one attached hydrogen (secondary N) is 1. The first-order valence-corrected chi connectivity index (χ1v) is 7.43. The molecule has 2 fully saturated rings. The summed E-state index contributed by atoms with van der Waals surface area (Å²) in [4.78, 5) is 2.50. The van der Waals surface area contributed by atoms with E-state index in [2.05, 4.69) is 24.1 Å². The first-order chi connectivity index (χ1) is 8.74. The summed E-state index contributed by atoms with van der Waals surface area (Å²) in [5.41, 5.74) is 0. The number of hydrogen-bond donors (Lipinski definition) is 1. The molecule has 2 saturated heterocycles. The summed E-state index contributed by atoms with van der Waals surface area (Å²) < 4.78 is 11.6. The molecule has 106 valence electrons. The Morgan fingerprint density at radius 3 is 2.83 bits per heavy atom. The van der Waals surface area contributed by atoms with Crippen LogP contribution in [0.5, 0.6) is 0 Å². The van der Waals surface area contributed by atoms with Gasteiger partial charge in [0.1, 0.15) is 0 Å². The van der Waals surface area contributed by atoms with Gasteiger partial charge < -0.3 is 14.8 Å². The minimum Gasteiger partial charge on any atom is -0.380 e. The van der Waals surface area contributed by atoms with Gasteiger partial charge in [-0.1, -0.05) is 13.8 Å². The molecule has 2 rings (SSSR count). The second-order valence-corrected chi connectivity index (χ2v) is 5.79. The van der Waals surface area contributed by atoms with Crippen LogP contribution in [0.2, 0.25) is 0 Å². The average Bonchev–Trinajstić information content (AvgIpc) is 2.62. The molecule has 2 aliphatic heterocycles. The molecule has 2 heterocycles. The van der Waals surface area contributed by atoms with Crippen molar-refractivity contribution in [3.05, 3.63) is 0 Å². The predicted molar refractivity (Wildman–Crippen MR) is 72.9 cm³/mol. The van der Waals surface area contributed by atoms with Gasteiger partial charge in [-0.05, 0) is 19.3 Å². The van der Waals surface area contributed by atoms with Crippen LogP contribution in [-0.4, -0.2) is 62.5 Å². The number of rotatable bonds is 5. The van der Waals surface area contributed by atoms with E-state index in [0.717, 1.165) is 45.8 Å². The fourth-order valence-corrected chi connectivity index (χ4v) is 2.70. The van der Waals surface area contributed by atoms with Gasteiger partial charge in [-0.3, -0.25) is 4.90 Å². The average molecular weight is 256 g/mol. The highest BCUT2D eigenvalue weighted by molar-refractivity contribution is 4.79. The summed E-state index contributed by atoms with van der Waals surface area (Å²) in [6.45, 7) is 10.5. The van der Waals surface area contributed by atoms with Crippen molar-refractivity contribution in [3.8, 4) is 0 Å². The van der Waals surface area contributed by atoms with Gasteiger partial charge in [0.05, 0.1) is 18.8 Å². The Hall–Kier alpha value is -0.160. The Morgan fingerprint density at radius 2 is 2.00 bits per heavy atom. The zero-order chi connectivity index (χ0) is 12.8. The molecule has 0 aromatic heterocycles. The van der Waals surface area contributed by atoms with Gasteiger partial charge in [0.25, 0.3) is 0 Å². The van der Waals surface area contributed by atoms with E-state index in [1.165, 1.54) is 12.8 Å². The number of ether oxygens (including phenoxy) is 2. The minimum absolute atomic E-state index is 0.417. The summed E-state index contributed by atoms with van der Waals surface area (Å²) in [6, 6.07) is 0.551. The largest absolute Gasteiger partial charge is 0.380 e. The van der Waals surface area contributed by atoms with E-state index in [4.69, 9.17) is 9.47 Å². The Kier molecular flexibility index (Phi) is 5.89. The molecule has 2 aliphatic rings. The third-order valence-electron chi connectivity index (χ3n) is 3.73. The van der Waals surface area contributed by atoms with Crippen LogP contribution in [0.1, 0.15) is 33.1 Å². The van der Waals surface area contributed by atoms with Gasteiger partial charge in [0.15, 0.2) is 0 Å². The second kappa shape index (κ2) is 7.43. The molecule has 0 saturated carbocycles. The molecule has 0 radical (unpaired) electrons. The van der Waals surface area contributed by atoms with Gasteiger partial charge >= 0.3 is 0 Å². The highest BCUT2D eigenvalue weighted by Gasteiger charge is 2.26. The van der Waals surface area contributed by atoms with Crippen molar-refractivity contribution in [1.82, 2.24) is 10.2 Å². The van der Waals surface area contributed by atoms with E-state index in [9.17, 15) is 0 Å². The summed E-state index contributed by atoms with van der Waals surface area (Å²) in [7, 11) is 0. The van der Waals surface area contributed by atoms with Crippen LogP contribution in [0.15, 0.2) is 0 Å². The predicted octanol–water partition coefficient (Wildman–Crippen LogP) is 1.25. The maximum absolute atomic E-state index is 6.11. The van der Waals surface area contributed by atoms with E-state index in [-0.39, 0.29) is 0 Å². The van der Waals surface area contributed by atoms with E-state index >= 15 is 0 Å². The monoisotopic (exact) mass is 256 g/mol. The van der Waals surface area contributed by atoms with Crippen LogP contribution in [0.4, 0.5) is 0 Å². The molecular formula is C14H28N2O2. The van der Waals surface area contributed by atoms with Crippen LogP contribution in [0.3, 0.4) is 0 Å². The van der Waals surface area contributed by atoms with E-state index < -0.39 is 0 Å². The van der Waals surface area contributed by atoms with Crippen molar-refractivity contribution in [1.29, 1.82) is 0 Å². The maximum atomic E-state index is 6.11. The molecule has 2 unspecified atom stereocenters. The van der Waals surface area contributed by atoms with Crippen molar-refractivity contribution in [2.45, 2.75) is 51.4 Å². The Morgan fingerprint density at radius 1 is 1.17 bits per heavy atom. The molecule has 4 heteroatoms. The fraction of sp³-hybridized carbons (Fsp3) is 1.00. The second-order valence-electron chi connectivity index (χ2n) is 5.79. The number of nitrogens with zero attached hydrogens (tertiary/aromatic N) is 1. The van der Waals surface area contributed by atoms with Crippen molar-refractivity contribution in [3.63, 3.8) is 0 Å². The van der Waals surface area contributed by atoms with Gasteiger partial charge in [-0.25, -0.2) is 0 Å². The highest BCUT2D eigenvalue weighted by Crippen LogP contribution is 2.20. The molecule has 0 bridgehead atoms. The fourth-order valence-electron chi connectivity index (χ4n) is 2.70. The molecule has 4 nitrogen and oxygen atoms in total. The SMILES string of the molecule is CC(C)NCC1CCC(CN2CCCOCC2)O1. The normalized spacial score (nSPS) is 30.8. The molecule has 2 atom stereocenters. The smallest absolute Gasteiger partial charge is 0.0707 e. The Bertz CT molecular complexity index is 228. The summed E-state index contributed by atoms with van der Waals surface area (Å²) in [5, 5.41) is 3.46. The quantitative estimate of drug-likeness (QED) is 0.803. The van der Waals surface area contributed by atoms with Crippen LogP contribution >= 0.6 is 0 Å². The minimum atomic E-state index is 0.417. The third-order valence-corrected chi connectivity index (χ3v) is 3.73. The molecule has 0 aliphatic carbocycles.